The first-order valence-corrected chi connectivity index (χ1v) is 8.36. The summed E-state index contributed by atoms with van der Waals surface area (Å²) in [6.07, 6.45) is -3.77. The van der Waals surface area contributed by atoms with Crippen molar-refractivity contribution < 1.29 is 22.7 Å². The number of nitrogens with two attached hydrogens (primary N) is 2. The molecule has 2 heterocycles. The van der Waals surface area contributed by atoms with Crippen molar-refractivity contribution in [3.05, 3.63) is 47.3 Å². The highest BCUT2D eigenvalue weighted by Gasteiger charge is 2.35. The van der Waals surface area contributed by atoms with Crippen molar-refractivity contribution in [1.82, 2.24) is 14.5 Å². The van der Waals surface area contributed by atoms with Crippen LogP contribution < -0.4 is 16.2 Å². The number of rotatable bonds is 4. The van der Waals surface area contributed by atoms with Gasteiger partial charge in [-0.25, -0.2) is 9.97 Å². The number of primary amides is 1. The number of carbonyl (C=O) groups is 1. The minimum atomic E-state index is -4.71. The third-order valence-corrected chi connectivity index (χ3v) is 4.62. The van der Waals surface area contributed by atoms with Gasteiger partial charge in [-0.3, -0.25) is 9.36 Å². The molecular formula is C19H18F3N5O2. The maximum Gasteiger partial charge on any atom is 0.417 e. The minimum Gasteiger partial charge on any atom is -0.496 e. The molecule has 3 aromatic rings. The molecule has 152 valence electrons. The molecule has 2 aromatic heterocycles. The number of alkyl halides is 3. The Morgan fingerprint density at radius 1 is 1.28 bits per heavy atom. The summed E-state index contributed by atoms with van der Waals surface area (Å²) < 4.78 is 45.9. The van der Waals surface area contributed by atoms with Gasteiger partial charge in [0, 0.05) is 5.56 Å². The highest BCUT2D eigenvalue weighted by atomic mass is 19.4. The van der Waals surface area contributed by atoms with Crippen LogP contribution >= 0.6 is 0 Å². The predicted octanol–water partition coefficient (Wildman–Crippen LogP) is 3.30. The number of aromatic nitrogens is 3. The number of carbonyl (C=O) groups excluding carboxylic acids is 1. The molecule has 7 nitrogen and oxygen atoms in total. The van der Waals surface area contributed by atoms with E-state index in [2.05, 4.69) is 16.5 Å². The van der Waals surface area contributed by atoms with Crippen LogP contribution in [0.5, 0.6) is 5.75 Å². The van der Waals surface area contributed by atoms with Crippen molar-refractivity contribution in [3.63, 3.8) is 0 Å². The second-order valence-corrected chi connectivity index (χ2v) is 6.42. The van der Waals surface area contributed by atoms with Crippen molar-refractivity contribution in [1.29, 1.82) is 0 Å². The third-order valence-electron chi connectivity index (χ3n) is 4.62. The number of amides is 1. The monoisotopic (exact) mass is 405 g/mol. The van der Waals surface area contributed by atoms with E-state index in [1.165, 1.54) is 11.7 Å². The van der Waals surface area contributed by atoms with Crippen LogP contribution in [0, 0.1) is 13.8 Å². The van der Waals surface area contributed by atoms with E-state index in [1.807, 2.05) is 6.92 Å². The molecule has 10 heteroatoms. The smallest absolute Gasteiger partial charge is 0.417 e. The number of fused-ring (bicyclic) bond motifs is 1. The van der Waals surface area contributed by atoms with Crippen LogP contribution in [0.4, 0.5) is 19.0 Å². The summed E-state index contributed by atoms with van der Waals surface area (Å²) in [5.74, 6) is -0.460. The molecule has 0 atom stereocenters. The zero-order valence-electron chi connectivity index (χ0n) is 15.9. The second kappa shape index (κ2) is 6.80. The van der Waals surface area contributed by atoms with Crippen molar-refractivity contribution in [3.8, 4) is 11.4 Å². The van der Waals surface area contributed by atoms with E-state index in [4.69, 9.17) is 16.2 Å². The number of halogens is 3. The molecule has 0 unspecified atom stereocenters. The van der Waals surface area contributed by atoms with Gasteiger partial charge in [0.15, 0.2) is 5.65 Å². The number of ether oxygens (including phenoxy) is 1. The lowest BCUT2D eigenvalue weighted by atomic mass is 10.1. The number of benzene rings is 1. The van der Waals surface area contributed by atoms with Gasteiger partial charge >= 0.3 is 6.18 Å². The maximum atomic E-state index is 13.0. The van der Waals surface area contributed by atoms with Crippen molar-refractivity contribution >= 4 is 28.5 Å². The summed E-state index contributed by atoms with van der Waals surface area (Å²) in [6.45, 7) is 6.61. The molecule has 3 rings (SSSR count). The molecule has 1 amide bonds. The third kappa shape index (κ3) is 3.16. The predicted molar refractivity (Wildman–Crippen MR) is 103 cm³/mol. The Balaban J connectivity index is 2.41. The highest BCUT2D eigenvalue weighted by Crippen LogP contribution is 2.37. The van der Waals surface area contributed by atoms with Crippen LogP contribution in [-0.4, -0.2) is 33.7 Å². The maximum absolute atomic E-state index is 13.0. The lowest BCUT2D eigenvalue weighted by molar-refractivity contribution is -0.0689. The summed E-state index contributed by atoms with van der Waals surface area (Å²) >= 11 is 0. The lowest BCUT2D eigenvalue weighted by Crippen LogP contribution is -2.14. The van der Waals surface area contributed by atoms with Gasteiger partial charge in [-0.15, -0.1) is 0 Å². The molecule has 0 fully saturated rings. The fourth-order valence-electron chi connectivity index (χ4n) is 3.20. The Hall–Kier alpha value is -3.56. The standard InChI is InChI=1S/C19H18F3N5O2/c1-8-5-6-12(29-4)9(2)15(8)27-16(23)13(17(24)28)14-18(27)25-7-11(26-14)10(3)19(20,21)22/h5-7H,3,23H2,1-2,4H3,(H2,24,28). The SMILES string of the molecule is C=C(c1cnc2c(n1)c(C(N)=O)c(N)n2-c1c(C)ccc(OC)c1C)C(F)(F)F. The number of aryl methyl sites for hydroxylation is 1. The zero-order chi connectivity index (χ0) is 21.7. The van der Waals surface area contributed by atoms with Gasteiger partial charge < -0.3 is 16.2 Å². The quantitative estimate of drug-likeness (QED) is 0.692. The van der Waals surface area contributed by atoms with Gasteiger partial charge in [-0.1, -0.05) is 12.6 Å². The van der Waals surface area contributed by atoms with Crippen LogP contribution in [0.1, 0.15) is 27.2 Å². The number of anilines is 1. The van der Waals surface area contributed by atoms with Crippen LogP contribution in [0.15, 0.2) is 24.9 Å². The Labute approximate surface area is 163 Å². The molecule has 0 saturated carbocycles. The molecule has 0 aliphatic carbocycles. The number of allylic oxidation sites excluding steroid dienone is 1. The van der Waals surface area contributed by atoms with Crippen LogP contribution in [0.2, 0.25) is 0 Å². The number of hydrogen-bond acceptors (Lipinski definition) is 5. The Morgan fingerprint density at radius 2 is 1.93 bits per heavy atom. The highest BCUT2D eigenvalue weighted by molar-refractivity contribution is 6.09. The van der Waals surface area contributed by atoms with Crippen LogP contribution in [0.25, 0.3) is 22.4 Å². The van der Waals surface area contributed by atoms with Crippen molar-refractivity contribution in [2.75, 3.05) is 12.8 Å². The van der Waals surface area contributed by atoms with E-state index in [0.29, 0.717) is 17.0 Å². The molecule has 0 spiro atoms. The van der Waals surface area contributed by atoms with E-state index >= 15 is 0 Å². The summed E-state index contributed by atoms with van der Waals surface area (Å²) in [4.78, 5) is 20.1. The Bertz CT molecular complexity index is 1170. The second-order valence-electron chi connectivity index (χ2n) is 6.42. The van der Waals surface area contributed by atoms with E-state index in [0.717, 1.165) is 11.8 Å². The Morgan fingerprint density at radius 3 is 2.48 bits per heavy atom. The first kappa shape index (κ1) is 20.2. The minimum absolute atomic E-state index is 0.0817. The molecule has 0 bridgehead atoms. The number of methoxy groups -OCH3 is 1. The van der Waals surface area contributed by atoms with E-state index in [-0.39, 0.29) is 22.5 Å². The normalized spacial score (nSPS) is 11.7. The molecule has 29 heavy (non-hydrogen) atoms. The molecular weight excluding hydrogens is 387 g/mol. The summed E-state index contributed by atoms with van der Waals surface area (Å²) in [7, 11) is 1.50. The molecule has 0 aliphatic heterocycles. The van der Waals surface area contributed by atoms with Gasteiger partial charge in [0.05, 0.1) is 30.3 Å². The number of nitrogen functional groups attached to an aromatic ring is 1. The molecule has 0 aliphatic rings. The lowest BCUT2D eigenvalue weighted by Gasteiger charge is -2.16. The van der Waals surface area contributed by atoms with Gasteiger partial charge in [0.2, 0.25) is 0 Å². The number of nitrogens with zero attached hydrogens (tertiary/aromatic N) is 3. The molecule has 1 aromatic carbocycles. The topological polar surface area (TPSA) is 109 Å². The van der Waals surface area contributed by atoms with Crippen molar-refractivity contribution in [2.45, 2.75) is 20.0 Å². The van der Waals surface area contributed by atoms with E-state index in [9.17, 15) is 18.0 Å². The summed E-state index contributed by atoms with van der Waals surface area (Å²) in [6, 6.07) is 3.55. The largest absolute Gasteiger partial charge is 0.496 e. The first-order valence-electron chi connectivity index (χ1n) is 8.36. The molecule has 4 N–H and O–H groups in total. The fraction of sp³-hybridized carbons (Fsp3) is 0.211. The van der Waals surface area contributed by atoms with Gasteiger partial charge in [-0.05, 0) is 25.5 Å². The van der Waals surface area contributed by atoms with Crippen LogP contribution in [-0.2, 0) is 0 Å². The zero-order valence-corrected chi connectivity index (χ0v) is 15.9. The van der Waals surface area contributed by atoms with Gasteiger partial charge in [0.25, 0.3) is 5.91 Å². The number of hydrogen-bond donors (Lipinski definition) is 2. The average molecular weight is 405 g/mol. The van der Waals surface area contributed by atoms with E-state index in [1.54, 1.807) is 19.1 Å². The summed E-state index contributed by atoms with van der Waals surface area (Å²) in [5, 5.41) is 0. The average Bonchev–Trinajstić information content (AvgIpc) is 2.92. The van der Waals surface area contributed by atoms with Gasteiger partial charge in [-0.2, -0.15) is 13.2 Å². The van der Waals surface area contributed by atoms with Gasteiger partial charge in [0.1, 0.15) is 22.6 Å². The van der Waals surface area contributed by atoms with E-state index < -0.39 is 23.4 Å². The first-order chi connectivity index (χ1) is 13.5. The van der Waals surface area contributed by atoms with Crippen LogP contribution in [0.3, 0.4) is 0 Å². The molecule has 0 saturated heterocycles. The van der Waals surface area contributed by atoms with Crippen molar-refractivity contribution in [2.24, 2.45) is 5.73 Å². The Kier molecular flexibility index (Phi) is 4.73. The fourth-order valence-corrected chi connectivity index (χ4v) is 3.20. The molecule has 0 radical (unpaired) electrons. The summed E-state index contributed by atoms with van der Waals surface area (Å²) in [5.41, 5.74) is 11.7.